The van der Waals surface area contributed by atoms with Crippen LogP contribution in [0, 0.1) is 12.8 Å². The molecule has 2 rings (SSSR count). The fourth-order valence-electron chi connectivity index (χ4n) is 2.28. The maximum atomic E-state index is 6.17. The molecule has 0 aliphatic rings. The number of aryl methyl sites for hydroxylation is 1. The first kappa shape index (κ1) is 14.1. The number of rotatable bonds is 4. The van der Waals surface area contributed by atoms with Crippen molar-refractivity contribution in [2.45, 2.75) is 33.2 Å². The summed E-state index contributed by atoms with van der Waals surface area (Å²) in [5, 5.41) is 4.58. The van der Waals surface area contributed by atoms with Crippen molar-refractivity contribution in [3.63, 3.8) is 0 Å². The lowest BCUT2D eigenvalue weighted by molar-refractivity contribution is 0.424. The van der Waals surface area contributed by atoms with E-state index in [4.69, 9.17) is 5.73 Å². The Bertz CT molecular complexity index is 546. The molecule has 0 saturated heterocycles. The Balaban J connectivity index is 2.46. The van der Waals surface area contributed by atoms with Gasteiger partial charge in [-0.05, 0) is 40.8 Å². The normalized spacial score (nSPS) is 12.9. The number of benzene rings is 1. The molecule has 19 heavy (non-hydrogen) atoms. The fourth-order valence-corrected chi connectivity index (χ4v) is 2.54. The van der Waals surface area contributed by atoms with Gasteiger partial charge < -0.3 is 5.73 Å². The predicted octanol–water partition coefficient (Wildman–Crippen LogP) is 4.17. The average molecular weight is 322 g/mol. The first-order chi connectivity index (χ1) is 9.00. The van der Waals surface area contributed by atoms with Gasteiger partial charge in [0.05, 0.1) is 16.2 Å². The Kier molecular flexibility index (Phi) is 4.30. The predicted molar refractivity (Wildman–Crippen MR) is 83.1 cm³/mol. The van der Waals surface area contributed by atoms with Gasteiger partial charge in [-0.2, -0.15) is 5.10 Å². The number of anilines is 1. The molecule has 0 fully saturated rings. The van der Waals surface area contributed by atoms with E-state index in [1.807, 2.05) is 17.7 Å². The van der Waals surface area contributed by atoms with Gasteiger partial charge in [0.1, 0.15) is 5.82 Å². The minimum absolute atomic E-state index is 0.186. The van der Waals surface area contributed by atoms with E-state index in [1.54, 1.807) is 0 Å². The molecule has 4 heteroatoms. The Morgan fingerprint density at radius 1 is 1.26 bits per heavy atom. The van der Waals surface area contributed by atoms with Gasteiger partial charge >= 0.3 is 0 Å². The average Bonchev–Trinajstić information content (AvgIpc) is 2.64. The van der Waals surface area contributed by atoms with Crippen LogP contribution in [0.3, 0.4) is 0 Å². The number of nitrogen functional groups attached to an aromatic ring is 1. The van der Waals surface area contributed by atoms with Crippen LogP contribution < -0.4 is 5.73 Å². The van der Waals surface area contributed by atoms with E-state index in [2.05, 4.69) is 59.1 Å². The molecule has 1 heterocycles. The van der Waals surface area contributed by atoms with Crippen LogP contribution in [0.1, 0.15) is 37.6 Å². The highest BCUT2D eigenvalue weighted by molar-refractivity contribution is 9.10. The van der Waals surface area contributed by atoms with Crippen LogP contribution >= 0.6 is 15.9 Å². The Morgan fingerprint density at radius 2 is 1.89 bits per heavy atom. The molecule has 0 bridgehead atoms. The highest BCUT2D eigenvalue weighted by Crippen LogP contribution is 2.32. The second kappa shape index (κ2) is 5.78. The number of hydrogen-bond donors (Lipinski definition) is 1. The SMILES string of the molecule is Cc1nn(C(CC(C)C)c2ccccc2)c(N)c1Br. The maximum absolute atomic E-state index is 6.17. The van der Waals surface area contributed by atoms with E-state index in [0.29, 0.717) is 11.7 Å². The van der Waals surface area contributed by atoms with Gasteiger partial charge in [0, 0.05) is 0 Å². The minimum Gasteiger partial charge on any atom is -0.383 e. The molecule has 0 aliphatic carbocycles. The molecule has 1 atom stereocenters. The molecule has 0 amide bonds. The monoisotopic (exact) mass is 321 g/mol. The van der Waals surface area contributed by atoms with Gasteiger partial charge in [-0.25, -0.2) is 4.68 Å². The zero-order valence-corrected chi connectivity index (χ0v) is 13.2. The van der Waals surface area contributed by atoms with Crippen LogP contribution in [0.15, 0.2) is 34.8 Å². The zero-order valence-electron chi connectivity index (χ0n) is 11.6. The van der Waals surface area contributed by atoms with Gasteiger partial charge in [0.2, 0.25) is 0 Å². The summed E-state index contributed by atoms with van der Waals surface area (Å²) >= 11 is 3.50. The first-order valence-electron chi connectivity index (χ1n) is 6.55. The summed E-state index contributed by atoms with van der Waals surface area (Å²) in [5.41, 5.74) is 8.35. The van der Waals surface area contributed by atoms with Gasteiger partial charge in [-0.3, -0.25) is 0 Å². The van der Waals surface area contributed by atoms with Crippen LogP contribution in [-0.2, 0) is 0 Å². The molecule has 2 aromatic rings. The summed E-state index contributed by atoms with van der Waals surface area (Å²) in [4.78, 5) is 0. The smallest absolute Gasteiger partial charge is 0.137 e. The van der Waals surface area contributed by atoms with Gasteiger partial charge in [0.25, 0.3) is 0 Å². The van der Waals surface area contributed by atoms with Crippen molar-refractivity contribution in [3.8, 4) is 0 Å². The minimum atomic E-state index is 0.186. The molecule has 0 saturated carbocycles. The summed E-state index contributed by atoms with van der Waals surface area (Å²) in [6.45, 7) is 6.41. The van der Waals surface area contributed by atoms with Gasteiger partial charge in [0.15, 0.2) is 0 Å². The van der Waals surface area contributed by atoms with Crippen LogP contribution in [0.4, 0.5) is 5.82 Å². The Hall–Kier alpha value is -1.29. The number of nitrogens with zero attached hydrogens (tertiary/aromatic N) is 2. The molecule has 102 valence electrons. The van der Waals surface area contributed by atoms with E-state index in [0.717, 1.165) is 16.6 Å². The summed E-state index contributed by atoms with van der Waals surface area (Å²) in [7, 11) is 0. The van der Waals surface area contributed by atoms with Gasteiger partial charge in [-0.1, -0.05) is 44.2 Å². The Morgan fingerprint density at radius 3 is 2.37 bits per heavy atom. The standard InChI is InChI=1S/C15H20BrN3/c1-10(2)9-13(12-7-5-4-6-8-12)19-15(17)14(16)11(3)18-19/h4-8,10,13H,9,17H2,1-3H3. The topological polar surface area (TPSA) is 43.8 Å². The fraction of sp³-hybridized carbons (Fsp3) is 0.400. The quantitative estimate of drug-likeness (QED) is 0.918. The van der Waals surface area contributed by atoms with E-state index in [1.165, 1.54) is 5.56 Å². The molecule has 1 aromatic heterocycles. The second-order valence-corrected chi connectivity index (χ2v) is 6.08. The van der Waals surface area contributed by atoms with Crippen molar-refractivity contribution in [2.24, 2.45) is 5.92 Å². The number of aromatic nitrogens is 2. The summed E-state index contributed by atoms with van der Waals surface area (Å²) in [5.74, 6) is 1.28. The molecule has 0 radical (unpaired) electrons. The largest absolute Gasteiger partial charge is 0.383 e. The molecule has 0 aliphatic heterocycles. The van der Waals surface area contributed by atoms with Crippen molar-refractivity contribution < 1.29 is 0 Å². The first-order valence-corrected chi connectivity index (χ1v) is 7.35. The maximum Gasteiger partial charge on any atom is 0.137 e. The van der Waals surface area contributed by atoms with E-state index in [9.17, 15) is 0 Å². The highest BCUT2D eigenvalue weighted by atomic mass is 79.9. The third kappa shape index (κ3) is 3.00. The van der Waals surface area contributed by atoms with Crippen LogP contribution in [0.25, 0.3) is 0 Å². The summed E-state index contributed by atoms with van der Waals surface area (Å²) in [6, 6.07) is 10.6. The number of nitrogens with two attached hydrogens (primary N) is 1. The van der Waals surface area contributed by atoms with Crippen LogP contribution in [-0.4, -0.2) is 9.78 Å². The molecule has 1 unspecified atom stereocenters. The Labute approximate surface area is 122 Å². The van der Waals surface area contributed by atoms with Gasteiger partial charge in [-0.15, -0.1) is 0 Å². The van der Waals surface area contributed by atoms with E-state index in [-0.39, 0.29) is 6.04 Å². The number of halogens is 1. The lowest BCUT2D eigenvalue weighted by Crippen LogP contribution is -2.16. The van der Waals surface area contributed by atoms with Crippen LogP contribution in [0.5, 0.6) is 0 Å². The van der Waals surface area contributed by atoms with Crippen LogP contribution in [0.2, 0.25) is 0 Å². The van der Waals surface area contributed by atoms with Crippen molar-refractivity contribution in [3.05, 3.63) is 46.1 Å². The second-order valence-electron chi connectivity index (χ2n) is 5.29. The van der Waals surface area contributed by atoms with E-state index >= 15 is 0 Å². The summed E-state index contributed by atoms with van der Waals surface area (Å²) in [6.07, 6.45) is 1.02. The molecule has 3 nitrogen and oxygen atoms in total. The van der Waals surface area contributed by atoms with Crippen molar-refractivity contribution in [1.82, 2.24) is 9.78 Å². The molecular weight excluding hydrogens is 302 g/mol. The molecule has 0 spiro atoms. The van der Waals surface area contributed by atoms with Crippen molar-refractivity contribution in [2.75, 3.05) is 5.73 Å². The zero-order chi connectivity index (χ0) is 14.0. The number of hydrogen-bond acceptors (Lipinski definition) is 2. The van der Waals surface area contributed by atoms with Crippen molar-refractivity contribution >= 4 is 21.7 Å². The summed E-state index contributed by atoms with van der Waals surface area (Å²) < 4.78 is 2.84. The third-order valence-electron chi connectivity index (χ3n) is 3.22. The highest BCUT2D eigenvalue weighted by Gasteiger charge is 2.21. The molecule has 1 aromatic carbocycles. The molecular formula is C15H20BrN3. The lowest BCUT2D eigenvalue weighted by Gasteiger charge is -2.21. The van der Waals surface area contributed by atoms with Crippen molar-refractivity contribution in [1.29, 1.82) is 0 Å². The van der Waals surface area contributed by atoms with E-state index < -0.39 is 0 Å². The molecule has 2 N–H and O–H groups in total. The third-order valence-corrected chi connectivity index (χ3v) is 4.20. The lowest BCUT2D eigenvalue weighted by atomic mass is 9.97.